The SMILES string of the molecule is CN(CCOc1ccc(CC2SC(=O)NC2=O)cc1)c1ccccn1.Cc1c(C)c2c(c(C)c1O)CCC(C)(COc1ccc(CC3SC(=O)NC3=O)cc1)O2. The largest absolute Gasteiger partial charge is 0.507 e. The van der Waals surface area contributed by atoms with Gasteiger partial charge in [0.05, 0.1) is 17.0 Å². The first-order valence-electron chi connectivity index (χ1n) is 18.4. The summed E-state index contributed by atoms with van der Waals surface area (Å²) < 4.78 is 18.2. The first-order valence-corrected chi connectivity index (χ1v) is 20.1. The van der Waals surface area contributed by atoms with E-state index in [1.54, 1.807) is 6.20 Å². The Morgan fingerprint density at radius 2 is 1.39 bits per heavy atom. The quantitative estimate of drug-likeness (QED) is 0.137. The van der Waals surface area contributed by atoms with Crippen LogP contribution in [-0.4, -0.2) is 75.3 Å². The zero-order valence-corrected chi connectivity index (χ0v) is 33.7. The summed E-state index contributed by atoms with van der Waals surface area (Å²) in [7, 11) is 1.97. The minimum absolute atomic E-state index is 0.215. The highest BCUT2D eigenvalue weighted by Gasteiger charge is 2.36. The number of carbonyl (C=O) groups excluding carboxylic acids is 4. The molecule has 12 nitrogen and oxygen atoms in total. The number of amides is 4. The summed E-state index contributed by atoms with van der Waals surface area (Å²) in [4.78, 5) is 52.1. The number of hydrogen-bond acceptors (Lipinski definition) is 12. The third-order valence-electron chi connectivity index (χ3n) is 10.1. The minimum Gasteiger partial charge on any atom is -0.507 e. The number of aromatic nitrogens is 1. The van der Waals surface area contributed by atoms with Gasteiger partial charge in [0.25, 0.3) is 10.5 Å². The smallest absolute Gasteiger partial charge is 0.286 e. The molecule has 3 atom stereocenters. The van der Waals surface area contributed by atoms with Crippen molar-refractivity contribution in [1.29, 1.82) is 0 Å². The van der Waals surface area contributed by atoms with Crippen molar-refractivity contribution in [2.24, 2.45) is 0 Å². The Kier molecular flexibility index (Phi) is 12.8. The van der Waals surface area contributed by atoms with Crippen molar-refractivity contribution >= 4 is 51.6 Å². The predicted octanol–water partition coefficient (Wildman–Crippen LogP) is 6.87. The standard InChI is InChI=1S/C24H27NO5S.C18H19N3O3S/c1-13-14(2)21-18(15(3)20(13)26)9-10-24(4,30-21)12-29-17-7-5-16(6-8-17)11-19-22(27)25-23(28)31-19;1-21(16-4-2-3-9-19-16)10-11-24-14-7-5-13(6-8-14)12-15-17(22)20-18(23)25-15/h5-8,19,26H,9-12H2,1-4H3,(H,25,27,28);2-9,15H,10-12H2,1H3,(H,20,22,23). The van der Waals surface area contributed by atoms with E-state index in [2.05, 4.69) is 15.6 Å². The lowest BCUT2D eigenvalue weighted by molar-refractivity contribution is -0.119. The van der Waals surface area contributed by atoms with Crippen LogP contribution in [0.2, 0.25) is 0 Å². The summed E-state index contributed by atoms with van der Waals surface area (Å²) in [6.07, 6.45) is 4.43. The molecule has 3 aliphatic rings. The third-order valence-corrected chi connectivity index (χ3v) is 12.1. The highest BCUT2D eigenvalue weighted by Crippen LogP contribution is 2.43. The molecule has 0 saturated carbocycles. The Labute approximate surface area is 335 Å². The molecule has 14 heteroatoms. The van der Waals surface area contributed by atoms with Crippen molar-refractivity contribution in [3.8, 4) is 23.0 Å². The number of nitrogens with one attached hydrogen (secondary N) is 2. The second-order valence-electron chi connectivity index (χ2n) is 14.3. The van der Waals surface area contributed by atoms with Crippen LogP contribution in [-0.2, 0) is 28.9 Å². The summed E-state index contributed by atoms with van der Waals surface area (Å²) >= 11 is 2.08. The number of nitrogens with zero attached hydrogens (tertiary/aromatic N) is 2. The van der Waals surface area contributed by atoms with Crippen molar-refractivity contribution in [3.05, 3.63) is 106 Å². The van der Waals surface area contributed by atoms with E-state index in [1.807, 2.05) is 106 Å². The summed E-state index contributed by atoms with van der Waals surface area (Å²) in [5, 5.41) is 13.7. The maximum Gasteiger partial charge on any atom is 0.286 e. The van der Waals surface area contributed by atoms with Crippen molar-refractivity contribution in [3.63, 3.8) is 0 Å². The third kappa shape index (κ3) is 9.96. The molecule has 3 aliphatic heterocycles. The van der Waals surface area contributed by atoms with E-state index in [-0.39, 0.29) is 32.8 Å². The summed E-state index contributed by atoms with van der Waals surface area (Å²) in [5.74, 6) is 3.19. The number of phenolic OH excluding ortho intramolecular Hbond substituents is 1. The van der Waals surface area contributed by atoms with Crippen LogP contribution in [0.3, 0.4) is 0 Å². The Balaban J connectivity index is 0.000000194. The second kappa shape index (κ2) is 17.7. The van der Waals surface area contributed by atoms with Crippen molar-refractivity contribution < 1.29 is 38.5 Å². The molecule has 3 N–H and O–H groups in total. The van der Waals surface area contributed by atoms with Gasteiger partial charge < -0.3 is 24.2 Å². The van der Waals surface area contributed by atoms with Crippen LogP contribution in [0.4, 0.5) is 15.4 Å². The molecule has 3 aromatic carbocycles. The highest BCUT2D eigenvalue weighted by molar-refractivity contribution is 8.15. The number of ether oxygens (including phenoxy) is 3. The van der Waals surface area contributed by atoms with Crippen LogP contribution in [0.25, 0.3) is 0 Å². The summed E-state index contributed by atoms with van der Waals surface area (Å²) in [6.45, 7) is 9.55. The Morgan fingerprint density at radius 1 is 0.821 bits per heavy atom. The molecular formula is C42H46N4O8S2. The van der Waals surface area contributed by atoms with E-state index >= 15 is 0 Å². The van der Waals surface area contributed by atoms with Crippen LogP contribution >= 0.6 is 23.5 Å². The molecular weight excluding hydrogens is 753 g/mol. The molecule has 2 fully saturated rings. The molecule has 1 aromatic heterocycles. The number of imide groups is 2. The number of thioether (sulfide) groups is 2. The number of rotatable bonds is 12. The maximum atomic E-state index is 11.7. The van der Waals surface area contributed by atoms with Gasteiger partial charge in [0.1, 0.15) is 47.6 Å². The molecule has 2 saturated heterocycles. The number of pyridine rings is 1. The fraction of sp³-hybridized carbons (Fsp3) is 0.357. The van der Waals surface area contributed by atoms with Gasteiger partial charge in [-0.15, -0.1) is 0 Å². The van der Waals surface area contributed by atoms with E-state index in [1.165, 1.54) is 0 Å². The number of fused-ring (bicyclic) bond motifs is 1. The number of carbonyl (C=O) groups is 4. The molecule has 3 unspecified atom stereocenters. The Bertz CT molecular complexity index is 2080. The van der Waals surface area contributed by atoms with Crippen LogP contribution in [0.1, 0.15) is 46.7 Å². The lowest BCUT2D eigenvalue weighted by Gasteiger charge is -2.37. The van der Waals surface area contributed by atoms with Crippen molar-refractivity contribution in [2.75, 3.05) is 31.7 Å². The fourth-order valence-electron chi connectivity index (χ4n) is 6.55. The van der Waals surface area contributed by atoms with Gasteiger partial charge in [-0.05, 0) is 118 Å². The molecule has 7 rings (SSSR count). The zero-order chi connectivity index (χ0) is 40.0. The molecule has 4 aromatic rings. The lowest BCUT2D eigenvalue weighted by Crippen LogP contribution is -2.42. The molecule has 0 bridgehead atoms. The molecule has 0 aliphatic carbocycles. The van der Waals surface area contributed by atoms with Crippen LogP contribution in [0, 0.1) is 20.8 Å². The summed E-state index contributed by atoms with van der Waals surface area (Å²) in [5.41, 5.74) is 5.31. The van der Waals surface area contributed by atoms with E-state index < -0.39 is 5.60 Å². The number of hydrogen-bond donors (Lipinski definition) is 3. The van der Waals surface area contributed by atoms with Gasteiger partial charge in [0, 0.05) is 18.8 Å². The van der Waals surface area contributed by atoms with Crippen LogP contribution in [0.5, 0.6) is 23.0 Å². The number of benzene rings is 3. The fourth-order valence-corrected chi connectivity index (χ4v) is 8.27. The zero-order valence-electron chi connectivity index (χ0n) is 32.0. The van der Waals surface area contributed by atoms with Crippen LogP contribution < -0.4 is 29.7 Å². The second-order valence-corrected chi connectivity index (χ2v) is 16.6. The first kappa shape index (κ1) is 40.5. The molecule has 4 amide bonds. The van der Waals surface area contributed by atoms with Crippen molar-refractivity contribution in [1.82, 2.24) is 15.6 Å². The first-order chi connectivity index (χ1) is 26.8. The number of phenols is 1. The van der Waals surface area contributed by atoms with Gasteiger partial charge in [0.15, 0.2) is 0 Å². The normalized spacial score (nSPS) is 19.9. The topological polar surface area (TPSA) is 156 Å². The number of aromatic hydroxyl groups is 1. The number of anilines is 1. The van der Waals surface area contributed by atoms with Gasteiger partial charge >= 0.3 is 0 Å². The maximum absolute atomic E-state index is 11.7. The van der Waals surface area contributed by atoms with Crippen LogP contribution in [0.15, 0.2) is 72.9 Å². The van der Waals surface area contributed by atoms with Gasteiger partial charge in [-0.3, -0.25) is 29.8 Å². The van der Waals surface area contributed by atoms with Gasteiger partial charge in [-0.2, -0.15) is 0 Å². The van der Waals surface area contributed by atoms with Gasteiger partial charge in [-0.1, -0.05) is 53.9 Å². The van der Waals surface area contributed by atoms with E-state index in [9.17, 15) is 24.3 Å². The lowest BCUT2D eigenvalue weighted by atomic mass is 9.87. The minimum atomic E-state index is -0.467. The average Bonchev–Trinajstić information content (AvgIpc) is 3.69. The van der Waals surface area contributed by atoms with E-state index in [4.69, 9.17) is 14.2 Å². The number of likely N-dealkylation sites (N-methyl/N-ethyl adjacent to an activating group) is 1. The highest BCUT2D eigenvalue weighted by atomic mass is 32.2. The van der Waals surface area contributed by atoms with Crippen molar-refractivity contribution in [2.45, 2.75) is 69.5 Å². The Morgan fingerprint density at radius 3 is 1.91 bits per heavy atom. The Hall–Kier alpha value is -5.21. The molecule has 4 heterocycles. The average molecular weight is 799 g/mol. The van der Waals surface area contributed by atoms with E-state index in [0.29, 0.717) is 31.8 Å². The van der Waals surface area contributed by atoms with Gasteiger partial charge in [0.2, 0.25) is 11.8 Å². The van der Waals surface area contributed by atoms with Gasteiger partial charge in [-0.25, -0.2) is 4.98 Å². The molecule has 294 valence electrons. The molecule has 0 radical (unpaired) electrons. The van der Waals surface area contributed by atoms with E-state index in [0.717, 1.165) is 99.4 Å². The predicted molar refractivity (Wildman–Crippen MR) is 218 cm³/mol. The monoisotopic (exact) mass is 798 g/mol. The summed E-state index contributed by atoms with van der Waals surface area (Å²) in [6, 6.07) is 21.0. The molecule has 56 heavy (non-hydrogen) atoms. The molecule has 0 spiro atoms.